The molecule has 5 heteroatoms. The number of aryl methyl sites for hydroxylation is 2. The Morgan fingerprint density at radius 2 is 1.85 bits per heavy atom. The summed E-state index contributed by atoms with van der Waals surface area (Å²) in [5.74, 6) is -0.300. The van der Waals surface area contributed by atoms with Gasteiger partial charge < -0.3 is 10.2 Å². The second-order valence-corrected chi connectivity index (χ2v) is 7.53. The van der Waals surface area contributed by atoms with Crippen LogP contribution in [0.4, 0.5) is 0 Å². The van der Waals surface area contributed by atoms with Gasteiger partial charge in [0.2, 0.25) is 0 Å². The first-order valence-corrected chi connectivity index (χ1v) is 9.78. The average Bonchev–Trinajstić information content (AvgIpc) is 3.23. The Labute approximate surface area is 159 Å². The molecule has 2 aromatic rings. The number of carbonyl (C=O) groups excluding carboxylic acids is 2. The standard InChI is InChI=1S/C22H25N3O2/c1-15-10-11-16-6-4-7-18(17(16)14-15)24-21(26)19-8-5-9-20(23-19)22(27)25-12-2-3-13-25/h5,8-11,14,18H,2-4,6-7,12-13H2,1H3,(H,24,26). The van der Waals surface area contributed by atoms with Crippen LogP contribution in [0, 0.1) is 6.92 Å². The number of aromatic nitrogens is 1. The first-order valence-electron chi connectivity index (χ1n) is 9.78. The van der Waals surface area contributed by atoms with Gasteiger partial charge in [0.1, 0.15) is 11.4 Å². The fourth-order valence-corrected chi connectivity index (χ4v) is 4.06. The molecule has 1 aromatic carbocycles. The van der Waals surface area contributed by atoms with Gasteiger partial charge in [-0.25, -0.2) is 4.98 Å². The van der Waals surface area contributed by atoms with Crippen LogP contribution in [0.3, 0.4) is 0 Å². The maximum atomic E-state index is 12.8. The Bertz CT molecular complexity index is 872. The van der Waals surface area contributed by atoms with E-state index in [-0.39, 0.29) is 17.9 Å². The number of likely N-dealkylation sites (tertiary alicyclic amines) is 1. The molecule has 0 spiro atoms. The van der Waals surface area contributed by atoms with Gasteiger partial charge in [-0.3, -0.25) is 9.59 Å². The third-order valence-electron chi connectivity index (χ3n) is 5.52. The van der Waals surface area contributed by atoms with Crippen molar-refractivity contribution in [2.45, 2.75) is 45.1 Å². The van der Waals surface area contributed by atoms with E-state index in [1.165, 1.54) is 16.7 Å². The lowest BCUT2D eigenvalue weighted by atomic mass is 9.86. The lowest BCUT2D eigenvalue weighted by Gasteiger charge is -2.26. The summed E-state index contributed by atoms with van der Waals surface area (Å²) in [6, 6.07) is 11.6. The molecule has 2 aliphatic rings. The molecule has 2 heterocycles. The van der Waals surface area contributed by atoms with E-state index in [0.717, 1.165) is 45.2 Å². The molecule has 1 aromatic heterocycles. The molecule has 1 aliphatic carbocycles. The first kappa shape index (κ1) is 17.7. The van der Waals surface area contributed by atoms with Gasteiger partial charge in [-0.05, 0) is 62.3 Å². The van der Waals surface area contributed by atoms with E-state index in [4.69, 9.17) is 0 Å². The SMILES string of the molecule is Cc1ccc2c(c1)C(NC(=O)c1cccc(C(=O)N3CCCC3)n1)CCC2. The monoisotopic (exact) mass is 363 g/mol. The zero-order valence-corrected chi connectivity index (χ0v) is 15.7. The molecule has 1 unspecified atom stereocenters. The second kappa shape index (κ2) is 7.51. The highest BCUT2D eigenvalue weighted by Gasteiger charge is 2.24. The third kappa shape index (κ3) is 3.72. The van der Waals surface area contributed by atoms with Crippen molar-refractivity contribution in [3.63, 3.8) is 0 Å². The summed E-state index contributed by atoms with van der Waals surface area (Å²) in [6.45, 7) is 3.62. The number of nitrogens with one attached hydrogen (secondary N) is 1. The molecule has 4 rings (SSSR count). The van der Waals surface area contributed by atoms with E-state index < -0.39 is 0 Å². The Balaban J connectivity index is 1.52. The van der Waals surface area contributed by atoms with E-state index >= 15 is 0 Å². The predicted octanol–water partition coefficient (Wildman–Crippen LogP) is 3.43. The fourth-order valence-electron chi connectivity index (χ4n) is 4.06. The second-order valence-electron chi connectivity index (χ2n) is 7.53. The van der Waals surface area contributed by atoms with Crippen LogP contribution in [0.2, 0.25) is 0 Å². The van der Waals surface area contributed by atoms with Crippen LogP contribution < -0.4 is 5.32 Å². The number of benzene rings is 1. The van der Waals surface area contributed by atoms with Crippen LogP contribution >= 0.6 is 0 Å². The molecule has 27 heavy (non-hydrogen) atoms. The number of hydrogen-bond donors (Lipinski definition) is 1. The topological polar surface area (TPSA) is 62.3 Å². The maximum absolute atomic E-state index is 12.8. The number of fused-ring (bicyclic) bond motifs is 1. The number of rotatable bonds is 3. The van der Waals surface area contributed by atoms with E-state index in [2.05, 4.69) is 35.4 Å². The molecule has 5 nitrogen and oxygen atoms in total. The van der Waals surface area contributed by atoms with Crippen LogP contribution in [0.25, 0.3) is 0 Å². The minimum Gasteiger partial charge on any atom is -0.344 e. The molecule has 2 amide bonds. The van der Waals surface area contributed by atoms with Gasteiger partial charge in [0.25, 0.3) is 11.8 Å². The van der Waals surface area contributed by atoms with Gasteiger partial charge in [0.15, 0.2) is 0 Å². The number of carbonyl (C=O) groups is 2. The van der Waals surface area contributed by atoms with Gasteiger partial charge in [0.05, 0.1) is 6.04 Å². The summed E-state index contributed by atoms with van der Waals surface area (Å²) in [4.78, 5) is 31.5. The van der Waals surface area contributed by atoms with Crippen molar-refractivity contribution in [3.05, 3.63) is 64.5 Å². The minimum absolute atomic E-state index is 0.000824. The highest BCUT2D eigenvalue weighted by Crippen LogP contribution is 2.30. The third-order valence-corrected chi connectivity index (χ3v) is 5.52. The highest BCUT2D eigenvalue weighted by molar-refractivity contribution is 5.96. The van der Waals surface area contributed by atoms with Crippen molar-refractivity contribution < 1.29 is 9.59 Å². The normalized spacial score (nSPS) is 18.9. The van der Waals surface area contributed by atoms with E-state index in [0.29, 0.717) is 11.4 Å². The Hall–Kier alpha value is -2.69. The molecule has 1 fully saturated rings. The van der Waals surface area contributed by atoms with Crippen LogP contribution in [-0.2, 0) is 6.42 Å². The van der Waals surface area contributed by atoms with Crippen molar-refractivity contribution in [1.82, 2.24) is 15.2 Å². The van der Waals surface area contributed by atoms with Crippen LogP contribution in [0.15, 0.2) is 36.4 Å². The summed E-state index contributed by atoms with van der Waals surface area (Å²) < 4.78 is 0. The van der Waals surface area contributed by atoms with E-state index in [9.17, 15) is 9.59 Å². The number of amides is 2. The van der Waals surface area contributed by atoms with Gasteiger partial charge in [-0.15, -0.1) is 0 Å². The zero-order chi connectivity index (χ0) is 18.8. The quantitative estimate of drug-likeness (QED) is 0.909. The van der Waals surface area contributed by atoms with E-state index in [1.807, 2.05) is 4.90 Å². The molecule has 1 saturated heterocycles. The molecular formula is C22H25N3O2. The van der Waals surface area contributed by atoms with Gasteiger partial charge in [0, 0.05) is 13.1 Å². The average molecular weight is 363 g/mol. The van der Waals surface area contributed by atoms with Crippen LogP contribution in [0.5, 0.6) is 0 Å². The number of pyridine rings is 1. The molecule has 0 saturated carbocycles. The molecule has 140 valence electrons. The Morgan fingerprint density at radius 3 is 2.67 bits per heavy atom. The summed E-state index contributed by atoms with van der Waals surface area (Å²) in [6.07, 6.45) is 5.11. The van der Waals surface area contributed by atoms with Gasteiger partial charge in [-0.1, -0.05) is 29.8 Å². The lowest BCUT2D eigenvalue weighted by molar-refractivity contribution is 0.0787. The van der Waals surface area contributed by atoms with Gasteiger partial charge >= 0.3 is 0 Å². The maximum Gasteiger partial charge on any atom is 0.272 e. The minimum atomic E-state index is -0.217. The first-order chi connectivity index (χ1) is 13.1. The van der Waals surface area contributed by atoms with Crippen LogP contribution in [0.1, 0.15) is 69.4 Å². The predicted molar refractivity (Wildman–Crippen MR) is 104 cm³/mol. The Kier molecular flexibility index (Phi) is 4.92. The molecule has 0 radical (unpaired) electrons. The smallest absolute Gasteiger partial charge is 0.272 e. The zero-order valence-electron chi connectivity index (χ0n) is 15.7. The summed E-state index contributed by atoms with van der Waals surface area (Å²) in [5, 5.41) is 3.13. The fraction of sp³-hybridized carbons (Fsp3) is 0.409. The van der Waals surface area contributed by atoms with Crippen LogP contribution in [-0.4, -0.2) is 34.8 Å². The number of nitrogens with zero attached hydrogens (tertiary/aromatic N) is 2. The van der Waals surface area contributed by atoms with E-state index in [1.54, 1.807) is 18.2 Å². The molecule has 1 atom stereocenters. The van der Waals surface area contributed by atoms with Crippen molar-refractivity contribution in [2.24, 2.45) is 0 Å². The Morgan fingerprint density at radius 1 is 1.07 bits per heavy atom. The van der Waals surface area contributed by atoms with Crippen molar-refractivity contribution >= 4 is 11.8 Å². The largest absolute Gasteiger partial charge is 0.344 e. The summed E-state index contributed by atoms with van der Waals surface area (Å²) in [7, 11) is 0. The lowest BCUT2D eigenvalue weighted by Crippen LogP contribution is -2.33. The molecule has 0 bridgehead atoms. The van der Waals surface area contributed by atoms with Crippen molar-refractivity contribution in [2.75, 3.05) is 13.1 Å². The highest BCUT2D eigenvalue weighted by atomic mass is 16.2. The van der Waals surface area contributed by atoms with Crippen molar-refractivity contribution in [3.8, 4) is 0 Å². The molecule has 1 N–H and O–H groups in total. The summed E-state index contributed by atoms with van der Waals surface area (Å²) >= 11 is 0. The van der Waals surface area contributed by atoms with Crippen molar-refractivity contribution in [1.29, 1.82) is 0 Å². The number of hydrogen-bond acceptors (Lipinski definition) is 3. The molecule has 1 aliphatic heterocycles. The van der Waals surface area contributed by atoms with Gasteiger partial charge in [-0.2, -0.15) is 0 Å². The summed E-state index contributed by atoms with van der Waals surface area (Å²) in [5.41, 5.74) is 4.37. The molecular weight excluding hydrogens is 338 g/mol.